The molecule has 0 aliphatic rings. The average molecular weight is 304 g/mol. The number of imidazole rings is 1. The zero-order valence-electron chi connectivity index (χ0n) is 12.3. The fourth-order valence-corrected chi connectivity index (χ4v) is 3.62. The van der Waals surface area contributed by atoms with Crippen LogP contribution in [-0.4, -0.2) is 9.97 Å². The number of aryl methyl sites for hydroxylation is 1. The van der Waals surface area contributed by atoms with E-state index in [0.29, 0.717) is 0 Å². The molecule has 3 aromatic carbocycles. The molecule has 0 bridgehead atoms. The van der Waals surface area contributed by atoms with E-state index in [4.69, 9.17) is 0 Å². The second kappa shape index (κ2) is 5.50. The van der Waals surface area contributed by atoms with Crippen molar-refractivity contribution in [3.8, 4) is 0 Å². The van der Waals surface area contributed by atoms with Crippen molar-refractivity contribution in [2.75, 3.05) is 0 Å². The summed E-state index contributed by atoms with van der Waals surface area (Å²) in [5, 5.41) is 3.60. The SMILES string of the molecule is Cc1ccc2nc(SCc3cccc4ccccc34)[nH]c2c1. The van der Waals surface area contributed by atoms with Crippen molar-refractivity contribution in [3.63, 3.8) is 0 Å². The molecular formula is C19H16N2S. The quantitative estimate of drug-likeness (QED) is 0.519. The first-order valence-corrected chi connectivity index (χ1v) is 8.34. The molecule has 1 aromatic heterocycles. The van der Waals surface area contributed by atoms with Crippen LogP contribution in [0.15, 0.2) is 65.8 Å². The van der Waals surface area contributed by atoms with Gasteiger partial charge in [-0.1, -0.05) is 60.3 Å². The van der Waals surface area contributed by atoms with Crippen LogP contribution in [0.2, 0.25) is 0 Å². The predicted molar refractivity (Wildman–Crippen MR) is 94.3 cm³/mol. The summed E-state index contributed by atoms with van der Waals surface area (Å²) in [7, 11) is 0. The normalized spacial score (nSPS) is 11.3. The molecule has 4 rings (SSSR count). The minimum absolute atomic E-state index is 0.917. The van der Waals surface area contributed by atoms with E-state index in [-0.39, 0.29) is 0 Å². The van der Waals surface area contributed by atoms with Crippen molar-refractivity contribution in [3.05, 3.63) is 71.8 Å². The Labute approximate surface area is 133 Å². The van der Waals surface area contributed by atoms with Crippen LogP contribution < -0.4 is 0 Å². The number of hydrogen-bond acceptors (Lipinski definition) is 2. The Balaban J connectivity index is 1.62. The lowest BCUT2D eigenvalue weighted by atomic mass is 10.1. The van der Waals surface area contributed by atoms with E-state index in [1.807, 2.05) is 0 Å². The number of aromatic amines is 1. The molecule has 1 heterocycles. The van der Waals surface area contributed by atoms with Gasteiger partial charge < -0.3 is 4.98 Å². The highest BCUT2D eigenvalue weighted by molar-refractivity contribution is 7.98. The number of hydrogen-bond donors (Lipinski definition) is 1. The van der Waals surface area contributed by atoms with Gasteiger partial charge in [-0.2, -0.15) is 0 Å². The van der Waals surface area contributed by atoms with Gasteiger partial charge in [0.15, 0.2) is 5.16 Å². The van der Waals surface area contributed by atoms with Crippen LogP contribution >= 0.6 is 11.8 Å². The molecule has 3 heteroatoms. The van der Waals surface area contributed by atoms with Crippen molar-refractivity contribution in [2.24, 2.45) is 0 Å². The highest BCUT2D eigenvalue weighted by Gasteiger charge is 2.06. The first-order chi connectivity index (χ1) is 10.8. The van der Waals surface area contributed by atoms with Crippen molar-refractivity contribution in [2.45, 2.75) is 17.8 Å². The lowest BCUT2D eigenvalue weighted by Gasteiger charge is -2.04. The van der Waals surface area contributed by atoms with Gasteiger partial charge in [0, 0.05) is 5.75 Å². The zero-order valence-corrected chi connectivity index (χ0v) is 13.2. The molecule has 0 saturated carbocycles. The van der Waals surface area contributed by atoms with Gasteiger partial charge >= 0.3 is 0 Å². The number of H-pyrrole nitrogens is 1. The summed E-state index contributed by atoms with van der Waals surface area (Å²) in [4.78, 5) is 8.06. The largest absolute Gasteiger partial charge is 0.333 e. The van der Waals surface area contributed by atoms with Crippen molar-refractivity contribution >= 4 is 33.6 Å². The molecule has 0 spiro atoms. The number of thioether (sulfide) groups is 1. The first kappa shape index (κ1) is 13.4. The number of fused-ring (bicyclic) bond motifs is 2. The van der Waals surface area contributed by atoms with E-state index in [2.05, 4.69) is 77.6 Å². The summed E-state index contributed by atoms with van der Waals surface area (Å²) in [5.41, 5.74) is 4.74. The number of nitrogens with one attached hydrogen (secondary N) is 1. The molecule has 0 amide bonds. The van der Waals surface area contributed by atoms with Crippen molar-refractivity contribution < 1.29 is 0 Å². The molecule has 22 heavy (non-hydrogen) atoms. The molecule has 0 unspecified atom stereocenters. The van der Waals surface area contributed by atoms with Crippen LogP contribution in [0.5, 0.6) is 0 Å². The molecule has 1 N–H and O–H groups in total. The lowest BCUT2D eigenvalue weighted by molar-refractivity contribution is 1.08. The molecule has 0 saturated heterocycles. The maximum absolute atomic E-state index is 4.66. The topological polar surface area (TPSA) is 28.7 Å². The van der Waals surface area contributed by atoms with Crippen molar-refractivity contribution in [1.82, 2.24) is 9.97 Å². The monoisotopic (exact) mass is 304 g/mol. The molecule has 2 nitrogen and oxygen atoms in total. The Morgan fingerprint density at radius 2 is 1.86 bits per heavy atom. The Morgan fingerprint density at radius 1 is 1.00 bits per heavy atom. The van der Waals surface area contributed by atoms with E-state index in [1.165, 1.54) is 21.9 Å². The van der Waals surface area contributed by atoms with Crippen LogP contribution in [0.25, 0.3) is 21.8 Å². The summed E-state index contributed by atoms with van der Waals surface area (Å²) >= 11 is 1.75. The van der Waals surface area contributed by atoms with Crippen LogP contribution in [0.1, 0.15) is 11.1 Å². The second-order valence-corrected chi connectivity index (χ2v) is 6.45. The second-order valence-electron chi connectivity index (χ2n) is 5.49. The number of nitrogens with zero attached hydrogens (tertiary/aromatic N) is 1. The van der Waals surface area contributed by atoms with Crippen LogP contribution in [0.4, 0.5) is 0 Å². The highest BCUT2D eigenvalue weighted by Crippen LogP contribution is 2.27. The summed E-state index contributed by atoms with van der Waals surface area (Å²) in [5.74, 6) is 0.917. The molecular weight excluding hydrogens is 288 g/mol. The van der Waals surface area contributed by atoms with E-state index < -0.39 is 0 Å². The number of rotatable bonds is 3. The van der Waals surface area contributed by atoms with Crippen LogP contribution in [0.3, 0.4) is 0 Å². The molecule has 0 aliphatic heterocycles. The maximum atomic E-state index is 4.66. The third-order valence-corrected chi connectivity index (χ3v) is 4.78. The zero-order chi connectivity index (χ0) is 14.9. The standard InChI is InChI=1S/C19H16N2S/c1-13-9-10-17-18(11-13)21-19(20-17)22-12-15-7-4-6-14-5-2-3-8-16(14)15/h2-11H,12H2,1H3,(H,20,21). The third kappa shape index (κ3) is 2.48. The number of aromatic nitrogens is 2. The van der Waals surface area contributed by atoms with E-state index in [1.54, 1.807) is 11.8 Å². The molecule has 0 aliphatic carbocycles. The smallest absolute Gasteiger partial charge is 0.166 e. The van der Waals surface area contributed by atoms with Gasteiger partial charge in [-0.25, -0.2) is 4.98 Å². The van der Waals surface area contributed by atoms with Gasteiger partial charge in [0.25, 0.3) is 0 Å². The average Bonchev–Trinajstić information content (AvgIpc) is 2.95. The van der Waals surface area contributed by atoms with Gasteiger partial charge in [-0.3, -0.25) is 0 Å². The van der Waals surface area contributed by atoms with Gasteiger partial charge in [-0.05, 0) is 41.0 Å². The predicted octanol–water partition coefficient (Wildman–Crippen LogP) is 5.32. The van der Waals surface area contributed by atoms with E-state index >= 15 is 0 Å². The maximum Gasteiger partial charge on any atom is 0.166 e. The number of benzene rings is 3. The summed E-state index contributed by atoms with van der Waals surface area (Å²) < 4.78 is 0. The summed E-state index contributed by atoms with van der Waals surface area (Å²) in [6.45, 7) is 2.10. The Bertz CT molecular complexity index is 951. The Morgan fingerprint density at radius 3 is 2.82 bits per heavy atom. The summed E-state index contributed by atoms with van der Waals surface area (Å²) in [6, 6.07) is 21.3. The van der Waals surface area contributed by atoms with E-state index in [9.17, 15) is 0 Å². The third-order valence-electron chi connectivity index (χ3n) is 3.86. The van der Waals surface area contributed by atoms with Crippen LogP contribution in [0, 0.1) is 6.92 Å². The van der Waals surface area contributed by atoms with Gasteiger partial charge in [0.05, 0.1) is 11.0 Å². The van der Waals surface area contributed by atoms with E-state index in [0.717, 1.165) is 21.9 Å². The highest BCUT2D eigenvalue weighted by atomic mass is 32.2. The fourth-order valence-electron chi connectivity index (χ4n) is 2.73. The molecule has 0 atom stereocenters. The Kier molecular flexibility index (Phi) is 3.35. The Hall–Kier alpha value is -2.26. The minimum atomic E-state index is 0.917. The molecule has 108 valence electrons. The van der Waals surface area contributed by atoms with Crippen LogP contribution in [-0.2, 0) is 5.75 Å². The molecule has 0 fully saturated rings. The first-order valence-electron chi connectivity index (χ1n) is 7.35. The van der Waals surface area contributed by atoms with Gasteiger partial charge in [0.2, 0.25) is 0 Å². The molecule has 4 aromatic rings. The van der Waals surface area contributed by atoms with Gasteiger partial charge in [0.1, 0.15) is 0 Å². The lowest BCUT2D eigenvalue weighted by Crippen LogP contribution is -1.84. The van der Waals surface area contributed by atoms with Crippen molar-refractivity contribution in [1.29, 1.82) is 0 Å². The fraction of sp³-hybridized carbons (Fsp3) is 0.105. The van der Waals surface area contributed by atoms with Gasteiger partial charge in [-0.15, -0.1) is 0 Å². The summed E-state index contributed by atoms with van der Waals surface area (Å²) in [6.07, 6.45) is 0. The molecule has 0 radical (unpaired) electrons. The minimum Gasteiger partial charge on any atom is -0.333 e.